The molecule has 0 aliphatic heterocycles. The second-order valence-electron chi connectivity index (χ2n) is 8.23. The van der Waals surface area contributed by atoms with Crippen molar-refractivity contribution in [2.75, 3.05) is 5.32 Å². The van der Waals surface area contributed by atoms with Gasteiger partial charge in [0.15, 0.2) is 0 Å². The van der Waals surface area contributed by atoms with Gasteiger partial charge in [-0.1, -0.05) is 36.4 Å². The molecule has 0 atom stereocenters. The van der Waals surface area contributed by atoms with Crippen LogP contribution in [-0.4, -0.2) is 25.0 Å². The summed E-state index contributed by atoms with van der Waals surface area (Å²) in [7, 11) is -3.72. The number of rotatable bonds is 6. The van der Waals surface area contributed by atoms with Crippen LogP contribution in [0.25, 0.3) is 10.8 Å². The number of anilines is 1. The maximum absolute atomic E-state index is 12.9. The van der Waals surface area contributed by atoms with Crippen molar-refractivity contribution in [1.29, 1.82) is 0 Å². The summed E-state index contributed by atoms with van der Waals surface area (Å²) in [6.07, 6.45) is 0.802. The zero-order valence-electron chi connectivity index (χ0n) is 17.3. The maximum atomic E-state index is 12.9. The Hall–Kier alpha value is -2.90. The van der Waals surface area contributed by atoms with Gasteiger partial charge in [-0.15, -0.1) is 0 Å². The molecule has 0 radical (unpaired) electrons. The monoisotopic (exact) mass is 426 g/mol. The number of aryl methyl sites for hydroxylation is 1. The van der Waals surface area contributed by atoms with Gasteiger partial charge in [-0.05, 0) is 57.0 Å². The van der Waals surface area contributed by atoms with E-state index in [0.717, 1.165) is 5.56 Å². The number of aromatic hydroxyl groups is 1. The van der Waals surface area contributed by atoms with Gasteiger partial charge in [0.05, 0.1) is 4.90 Å². The Morgan fingerprint density at radius 2 is 1.57 bits per heavy atom. The Balaban J connectivity index is 1.83. The summed E-state index contributed by atoms with van der Waals surface area (Å²) in [5.74, 6) is 0.0160. The number of sulfonamides is 1. The molecule has 0 aliphatic carbocycles. The van der Waals surface area contributed by atoms with E-state index in [1.807, 2.05) is 0 Å². The van der Waals surface area contributed by atoms with E-state index in [0.29, 0.717) is 22.9 Å². The van der Waals surface area contributed by atoms with Crippen LogP contribution >= 0.6 is 0 Å². The lowest BCUT2D eigenvalue weighted by Gasteiger charge is -2.21. The summed E-state index contributed by atoms with van der Waals surface area (Å²) in [5.41, 5.74) is 0.902. The molecule has 3 aromatic rings. The molecule has 6 nitrogen and oxygen atoms in total. The molecular formula is C23H26N2O4S. The van der Waals surface area contributed by atoms with Crippen LogP contribution in [0.2, 0.25) is 0 Å². The smallest absolute Gasteiger partial charge is 0.241 e. The van der Waals surface area contributed by atoms with Gasteiger partial charge in [-0.25, -0.2) is 13.1 Å². The van der Waals surface area contributed by atoms with Crippen LogP contribution in [0.15, 0.2) is 65.6 Å². The Bertz CT molecular complexity index is 1160. The van der Waals surface area contributed by atoms with Crippen LogP contribution in [0.1, 0.15) is 32.8 Å². The van der Waals surface area contributed by atoms with Gasteiger partial charge in [0.25, 0.3) is 0 Å². The molecule has 0 heterocycles. The van der Waals surface area contributed by atoms with Gasteiger partial charge in [0, 0.05) is 28.4 Å². The molecule has 0 fully saturated rings. The standard InChI is InChI=1S/C23H26N2O4S/c1-23(2,3)25-30(28,29)21-9-5-6-18-19(21)7-4-8-20(18)24-22(27)15-12-16-10-13-17(26)14-11-16/h4-11,13-14,25-26H,12,15H2,1-3H3,(H,24,27). The molecular weight excluding hydrogens is 400 g/mol. The number of fused-ring (bicyclic) bond motifs is 1. The number of phenols is 1. The lowest BCUT2D eigenvalue weighted by Crippen LogP contribution is -2.40. The zero-order chi connectivity index (χ0) is 21.9. The average molecular weight is 427 g/mol. The van der Waals surface area contributed by atoms with Crippen molar-refractivity contribution in [3.8, 4) is 5.75 Å². The predicted molar refractivity (Wildman–Crippen MR) is 119 cm³/mol. The van der Waals surface area contributed by atoms with E-state index in [9.17, 15) is 18.3 Å². The van der Waals surface area contributed by atoms with Crippen molar-refractivity contribution < 1.29 is 18.3 Å². The molecule has 0 aromatic heterocycles. The second-order valence-corrected chi connectivity index (χ2v) is 9.88. The third-order valence-corrected chi connectivity index (χ3v) is 6.28. The molecule has 0 saturated carbocycles. The van der Waals surface area contributed by atoms with Crippen molar-refractivity contribution in [3.05, 3.63) is 66.2 Å². The number of hydrogen-bond acceptors (Lipinski definition) is 4. The fourth-order valence-electron chi connectivity index (χ4n) is 3.22. The van der Waals surface area contributed by atoms with E-state index in [4.69, 9.17) is 0 Å². The summed E-state index contributed by atoms with van der Waals surface area (Å²) in [6.45, 7) is 5.36. The fraction of sp³-hybridized carbons (Fsp3) is 0.261. The van der Waals surface area contributed by atoms with Crippen molar-refractivity contribution in [2.45, 2.75) is 44.0 Å². The lowest BCUT2D eigenvalue weighted by atomic mass is 10.1. The van der Waals surface area contributed by atoms with Crippen LogP contribution in [0, 0.1) is 0 Å². The van der Waals surface area contributed by atoms with E-state index in [1.54, 1.807) is 81.4 Å². The van der Waals surface area contributed by atoms with E-state index in [2.05, 4.69) is 10.0 Å². The summed E-state index contributed by atoms with van der Waals surface area (Å²) in [5, 5.41) is 13.4. The third kappa shape index (κ3) is 5.37. The first kappa shape index (κ1) is 21.8. The Morgan fingerprint density at radius 3 is 2.23 bits per heavy atom. The van der Waals surface area contributed by atoms with E-state index < -0.39 is 15.6 Å². The van der Waals surface area contributed by atoms with Crippen LogP contribution in [-0.2, 0) is 21.2 Å². The van der Waals surface area contributed by atoms with Gasteiger partial charge in [-0.2, -0.15) is 0 Å². The molecule has 158 valence electrons. The van der Waals surface area contributed by atoms with Gasteiger partial charge in [0.1, 0.15) is 5.75 Å². The second kappa shape index (κ2) is 8.45. The molecule has 7 heteroatoms. The highest BCUT2D eigenvalue weighted by molar-refractivity contribution is 7.89. The van der Waals surface area contributed by atoms with Crippen LogP contribution in [0.4, 0.5) is 5.69 Å². The van der Waals surface area contributed by atoms with E-state index in [1.165, 1.54) is 0 Å². The van der Waals surface area contributed by atoms with Gasteiger partial charge >= 0.3 is 0 Å². The molecule has 0 unspecified atom stereocenters. The molecule has 0 spiro atoms. The minimum atomic E-state index is -3.72. The molecule has 0 saturated heterocycles. The number of nitrogens with one attached hydrogen (secondary N) is 2. The number of phenolic OH excluding ortho intramolecular Hbond substituents is 1. The number of amides is 1. The first-order chi connectivity index (χ1) is 14.0. The zero-order valence-corrected chi connectivity index (χ0v) is 18.1. The molecule has 1 amide bonds. The molecule has 3 rings (SSSR count). The lowest BCUT2D eigenvalue weighted by molar-refractivity contribution is -0.116. The minimum Gasteiger partial charge on any atom is -0.508 e. The first-order valence-electron chi connectivity index (χ1n) is 9.69. The van der Waals surface area contributed by atoms with Gasteiger partial charge < -0.3 is 10.4 Å². The van der Waals surface area contributed by atoms with Crippen molar-refractivity contribution >= 4 is 32.4 Å². The third-order valence-electron chi connectivity index (χ3n) is 4.46. The number of carbonyl (C=O) groups excluding carboxylic acids is 1. The molecule has 0 bridgehead atoms. The normalized spacial score (nSPS) is 12.1. The Morgan fingerprint density at radius 1 is 0.933 bits per heavy atom. The summed E-state index contributed by atoms with van der Waals surface area (Å²) < 4.78 is 28.4. The Kier molecular flexibility index (Phi) is 6.14. The predicted octanol–water partition coefficient (Wildman–Crippen LogP) is 4.19. The van der Waals surface area contributed by atoms with Crippen molar-refractivity contribution in [2.24, 2.45) is 0 Å². The summed E-state index contributed by atoms with van der Waals surface area (Å²) >= 11 is 0. The average Bonchev–Trinajstić information content (AvgIpc) is 2.65. The SMILES string of the molecule is CC(C)(C)NS(=O)(=O)c1cccc2c(NC(=O)CCc3ccc(O)cc3)cccc12. The summed E-state index contributed by atoms with van der Waals surface area (Å²) in [6, 6.07) is 17.0. The van der Waals surface area contributed by atoms with Crippen LogP contribution < -0.4 is 10.0 Å². The molecule has 30 heavy (non-hydrogen) atoms. The highest BCUT2D eigenvalue weighted by Gasteiger charge is 2.24. The molecule has 3 N–H and O–H groups in total. The highest BCUT2D eigenvalue weighted by atomic mass is 32.2. The number of benzene rings is 3. The first-order valence-corrected chi connectivity index (χ1v) is 11.2. The van der Waals surface area contributed by atoms with Crippen LogP contribution in [0.5, 0.6) is 5.75 Å². The molecule has 3 aromatic carbocycles. The Labute approximate surface area is 177 Å². The number of carbonyl (C=O) groups is 1. The van der Waals surface area contributed by atoms with E-state index in [-0.39, 0.29) is 23.0 Å². The maximum Gasteiger partial charge on any atom is 0.241 e. The fourth-order valence-corrected chi connectivity index (χ4v) is 4.86. The van der Waals surface area contributed by atoms with Gasteiger partial charge in [0.2, 0.25) is 15.9 Å². The quantitative estimate of drug-likeness (QED) is 0.551. The largest absolute Gasteiger partial charge is 0.508 e. The summed E-state index contributed by atoms with van der Waals surface area (Å²) in [4.78, 5) is 12.7. The number of hydrogen-bond donors (Lipinski definition) is 3. The minimum absolute atomic E-state index is 0.170. The van der Waals surface area contributed by atoms with E-state index >= 15 is 0 Å². The van der Waals surface area contributed by atoms with Gasteiger partial charge in [-0.3, -0.25) is 4.79 Å². The van der Waals surface area contributed by atoms with Crippen molar-refractivity contribution in [1.82, 2.24) is 4.72 Å². The molecule has 0 aliphatic rings. The van der Waals surface area contributed by atoms with Crippen LogP contribution in [0.3, 0.4) is 0 Å². The highest BCUT2D eigenvalue weighted by Crippen LogP contribution is 2.29. The topological polar surface area (TPSA) is 95.5 Å². The van der Waals surface area contributed by atoms with Crippen molar-refractivity contribution in [3.63, 3.8) is 0 Å².